The second-order valence-corrected chi connectivity index (χ2v) is 5.43. The van der Waals surface area contributed by atoms with Crippen molar-refractivity contribution < 1.29 is 0 Å². The fourth-order valence-corrected chi connectivity index (χ4v) is 3.53. The van der Waals surface area contributed by atoms with Crippen LogP contribution in [0.4, 0.5) is 0 Å². The summed E-state index contributed by atoms with van der Waals surface area (Å²) in [5, 5.41) is 5.94. The third-order valence-electron chi connectivity index (χ3n) is 3.38. The number of thiophene rings is 1. The van der Waals surface area contributed by atoms with E-state index in [9.17, 15) is 0 Å². The van der Waals surface area contributed by atoms with Gasteiger partial charge in [-0.2, -0.15) is 0 Å². The van der Waals surface area contributed by atoms with Gasteiger partial charge in [0.15, 0.2) is 0 Å². The van der Waals surface area contributed by atoms with E-state index in [1.54, 1.807) is 0 Å². The van der Waals surface area contributed by atoms with Crippen LogP contribution in [-0.4, -0.2) is 6.54 Å². The summed E-state index contributed by atoms with van der Waals surface area (Å²) in [4.78, 5) is 1.52. The van der Waals surface area contributed by atoms with Gasteiger partial charge in [0.1, 0.15) is 0 Å². The minimum Gasteiger partial charge on any atom is -0.307 e. The Morgan fingerprint density at radius 1 is 1.43 bits per heavy atom. The summed E-state index contributed by atoms with van der Waals surface area (Å²) in [6, 6.07) is 4.45. The van der Waals surface area contributed by atoms with Crippen molar-refractivity contribution in [2.24, 2.45) is 5.92 Å². The molecule has 2 heterocycles. The van der Waals surface area contributed by atoms with Gasteiger partial charge in [-0.3, -0.25) is 0 Å². The topological polar surface area (TPSA) is 12.0 Å². The Labute approximate surface area is 90.5 Å². The maximum absolute atomic E-state index is 3.74. The molecule has 1 aliphatic rings. The minimum atomic E-state index is 0.270. The minimum absolute atomic E-state index is 0.270. The molecule has 0 saturated carbocycles. The molecule has 1 aromatic heterocycles. The fraction of sp³-hybridized carbons (Fsp3) is 0.667. The van der Waals surface area contributed by atoms with Crippen LogP contribution in [0.3, 0.4) is 0 Å². The van der Waals surface area contributed by atoms with Crippen LogP contribution in [0.25, 0.3) is 0 Å². The van der Waals surface area contributed by atoms with Crippen molar-refractivity contribution in [2.45, 2.75) is 38.6 Å². The molecule has 1 saturated heterocycles. The average Bonchev–Trinajstić information content (AvgIpc) is 2.72. The van der Waals surface area contributed by atoms with Crippen LogP contribution >= 0.6 is 11.3 Å². The molecule has 0 radical (unpaired) electrons. The first kappa shape index (κ1) is 10.2. The van der Waals surface area contributed by atoms with Crippen LogP contribution in [0, 0.1) is 5.92 Å². The molecule has 0 amide bonds. The molecule has 14 heavy (non-hydrogen) atoms. The van der Waals surface area contributed by atoms with Crippen LogP contribution in [0.15, 0.2) is 17.5 Å². The zero-order valence-corrected chi connectivity index (χ0v) is 9.86. The first-order valence-electron chi connectivity index (χ1n) is 5.55. The Bertz CT molecular complexity index is 271. The summed E-state index contributed by atoms with van der Waals surface area (Å²) in [5.74, 6) is 0.682. The predicted octanol–water partition coefficient (Wildman–Crippen LogP) is 3.37. The highest BCUT2D eigenvalue weighted by atomic mass is 32.1. The molecule has 0 aromatic carbocycles. The lowest BCUT2D eigenvalue weighted by molar-refractivity contribution is 0.189. The molecule has 2 heteroatoms. The normalized spacial score (nSPS) is 28.2. The van der Waals surface area contributed by atoms with Gasteiger partial charge in [-0.1, -0.05) is 19.9 Å². The third kappa shape index (κ3) is 1.61. The zero-order chi connectivity index (χ0) is 10.0. The van der Waals surface area contributed by atoms with Crippen LogP contribution < -0.4 is 5.32 Å². The Balaban J connectivity index is 2.30. The molecule has 78 valence electrons. The Morgan fingerprint density at radius 3 is 2.79 bits per heavy atom. The standard InChI is InChI=1S/C12H19NS/c1-10(2)12(7-3-4-8-13-12)11-6-5-9-14-11/h5-6,9-10,13H,3-4,7-8H2,1-2H3. The van der Waals surface area contributed by atoms with Gasteiger partial charge < -0.3 is 5.32 Å². The Hall–Kier alpha value is -0.340. The van der Waals surface area contributed by atoms with Gasteiger partial charge in [0.2, 0.25) is 0 Å². The molecular weight excluding hydrogens is 190 g/mol. The molecule has 1 fully saturated rings. The van der Waals surface area contributed by atoms with E-state index in [1.165, 1.54) is 30.7 Å². The van der Waals surface area contributed by atoms with Crippen LogP contribution in [0.1, 0.15) is 38.0 Å². The molecule has 1 nitrogen and oxygen atoms in total. The summed E-state index contributed by atoms with van der Waals surface area (Å²) in [6.45, 7) is 5.84. The van der Waals surface area contributed by atoms with Gasteiger partial charge in [0.25, 0.3) is 0 Å². The van der Waals surface area contributed by atoms with E-state index in [0.717, 1.165) is 0 Å². The van der Waals surface area contributed by atoms with Crippen molar-refractivity contribution in [3.8, 4) is 0 Å². The third-order valence-corrected chi connectivity index (χ3v) is 4.43. The number of hydrogen-bond acceptors (Lipinski definition) is 2. The summed E-state index contributed by atoms with van der Waals surface area (Å²) in [7, 11) is 0. The highest BCUT2D eigenvalue weighted by molar-refractivity contribution is 7.10. The van der Waals surface area contributed by atoms with E-state index in [4.69, 9.17) is 0 Å². The number of piperidine rings is 1. The molecule has 0 spiro atoms. The van der Waals surface area contributed by atoms with Crippen molar-refractivity contribution >= 4 is 11.3 Å². The molecular formula is C12H19NS. The van der Waals surface area contributed by atoms with Gasteiger partial charge in [0.05, 0.1) is 5.54 Å². The largest absolute Gasteiger partial charge is 0.307 e. The molecule has 1 N–H and O–H groups in total. The maximum Gasteiger partial charge on any atom is 0.0551 e. The average molecular weight is 209 g/mol. The van der Waals surface area contributed by atoms with Crippen molar-refractivity contribution in [1.82, 2.24) is 5.32 Å². The van der Waals surface area contributed by atoms with Crippen LogP contribution in [0.2, 0.25) is 0 Å². The highest BCUT2D eigenvalue weighted by Crippen LogP contribution is 2.39. The van der Waals surface area contributed by atoms with Crippen molar-refractivity contribution in [2.75, 3.05) is 6.54 Å². The first-order valence-corrected chi connectivity index (χ1v) is 6.43. The summed E-state index contributed by atoms with van der Waals surface area (Å²) in [5.41, 5.74) is 0.270. The lowest BCUT2D eigenvalue weighted by Gasteiger charge is -2.41. The highest BCUT2D eigenvalue weighted by Gasteiger charge is 2.37. The molecule has 0 bridgehead atoms. The molecule has 1 atom stereocenters. The predicted molar refractivity (Wildman–Crippen MR) is 62.7 cm³/mol. The SMILES string of the molecule is CC(C)C1(c2cccs2)CCCCN1. The van der Waals surface area contributed by atoms with Crippen LogP contribution in [0.5, 0.6) is 0 Å². The smallest absolute Gasteiger partial charge is 0.0551 e. The second kappa shape index (κ2) is 4.03. The quantitative estimate of drug-likeness (QED) is 0.787. The molecule has 2 rings (SSSR count). The fourth-order valence-electron chi connectivity index (χ4n) is 2.45. The van der Waals surface area contributed by atoms with Crippen LogP contribution in [-0.2, 0) is 5.54 Å². The van der Waals surface area contributed by atoms with Gasteiger partial charge in [-0.25, -0.2) is 0 Å². The lowest BCUT2D eigenvalue weighted by Crippen LogP contribution is -2.49. The Morgan fingerprint density at radius 2 is 2.29 bits per heavy atom. The summed E-state index contributed by atoms with van der Waals surface area (Å²) >= 11 is 1.89. The molecule has 1 unspecified atom stereocenters. The van der Waals surface area contributed by atoms with Crippen molar-refractivity contribution in [1.29, 1.82) is 0 Å². The van der Waals surface area contributed by atoms with Gasteiger partial charge in [-0.05, 0) is 43.2 Å². The number of rotatable bonds is 2. The van der Waals surface area contributed by atoms with Crippen molar-refractivity contribution in [3.63, 3.8) is 0 Å². The van der Waals surface area contributed by atoms with Gasteiger partial charge in [0, 0.05) is 4.88 Å². The second-order valence-electron chi connectivity index (χ2n) is 4.49. The number of nitrogens with one attached hydrogen (secondary N) is 1. The van der Waals surface area contributed by atoms with Gasteiger partial charge in [-0.15, -0.1) is 11.3 Å². The molecule has 1 aliphatic heterocycles. The van der Waals surface area contributed by atoms with E-state index >= 15 is 0 Å². The number of hydrogen-bond donors (Lipinski definition) is 1. The summed E-state index contributed by atoms with van der Waals surface area (Å²) < 4.78 is 0. The van der Waals surface area contributed by atoms with Gasteiger partial charge >= 0.3 is 0 Å². The van der Waals surface area contributed by atoms with E-state index in [0.29, 0.717) is 5.92 Å². The lowest BCUT2D eigenvalue weighted by atomic mass is 9.78. The van der Waals surface area contributed by atoms with E-state index in [1.807, 2.05) is 11.3 Å². The zero-order valence-electron chi connectivity index (χ0n) is 9.05. The van der Waals surface area contributed by atoms with Crippen molar-refractivity contribution in [3.05, 3.63) is 22.4 Å². The molecule has 0 aliphatic carbocycles. The Kier molecular flexibility index (Phi) is 2.93. The van der Waals surface area contributed by atoms with E-state index in [2.05, 4.69) is 36.7 Å². The summed E-state index contributed by atoms with van der Waals surface area (Å²) in [6.07, 6.45) is 3.99. The first-order chi connectivity index (χ1) is 6.76. The van der Waals surface area contributed by atoms with E-state index in [-0.39, 0.29) is 5.54 Å². The molecule has 1 aromatic rings. The van der Waals surface area contributed by atoms with E-state index < -0.39 is 0 Å². The maximum atomic E-state index is 3.74. The monoisotopic (exact) mass is 209 g/mol.